The van der Waals surface area contributed by atoms with Gasteiger partial charge in [-0.1, -0.05) is 23.7 Å². The van der Waals surface area contributed by atoms with Crippen molar-refractivity contribution in [1.29, 1.82) is 0 Å². The summed E-state index contributed by atoms with van der Waals surface area (Å²) < 4.78 is 1.92. The zero-order valence-electron chi connectivity index (χ0n) is 15.6. The Morgan fingerprint density at radius 2 is 2.11 bits per heavy atom. The van der Waals surface area contributed by atoms with Crippen LogP contribution in [0.4, 0.5) is 11.5 Å². The number of aryl methyl sites for hydroxylation is 1. The van der Waals surface area contributed by atoms with Gasteiger partial charge in [-0.3, -0.25) is 9.67 Å². The first-order valence-corrected chi connectivity index (χ1v) is 10.3. The number of nitrogens with one attached hydrogen (secondary N) is 1. The smallest absolute Gasteiger partial charge is 0.129 e. The molecule has 0 bridgehead atoms. The van der Waals surface area contributed by atoms with E-state index in [1.807, 2.05) is 68.0 Å². The van der Waals surface area contributed by atoms with Crippen molar-refractivity contribution in [2.75, 3.05) is 36.6 Å². The van der Waals surface area contributed by atoms with E-state index in [4.69, 9.17) is 16.7 Å². The highest BCUT2D eigenvalue weighted by Crippen LogP contribution is 2.47. The lowest BCUT2D eigenvalue weighted by molar-refractivity contribution is 0.773. The molecule has 4 rings (SSSR count). The molecule has 1 N–H and O–H groups in total. The molecule has 7 heteroatoms. The Kier molecular flexibility index (Phi) is 5.02. The number of nitrogens with zero attached hydrogens (tertiary/aromatic N) is 4. The summed E-state index contributed by atoms with van der Waals surface area (Å²) in [5.41, 5.74) is 5.15. The van der Waals surface area contributed by atoms with Crippen LogP contribution in [-0.4, -0.2) is 41.2 Å². The maximum absolute atomic E-state index is 6.73. The molecule has 2 aromatic heterocycles. The average Bonchev–Trinajstić information content (AvgIpc) is 2.85. The van der Waals surface area contributed by atoms with Crippen molar-refractivity contribution >= 4 is 34.9 Å². The molecule has 1 atom stereocenters. The molecular weight excluding hydrogens is 378 g/mol. The highest BCUT2D eigenvalue weighted by Gasteiger charge is 2.30. The summed E-state index contributed by atoms with van der Waals surface area (Å²) in [4.78, 5) is 6.60. The van der Waals surface area contributed by atoms with E-state index in [1.165, 1.54) is 0 Å². The molecule has 5 nitrogen and oxygen atoms in total. The van der Waals surface area contributed by atoms with Crippen LogP contribution >= 0.6 is 23.4 Å². The molecule has 0 radical (unpaired) electrons. The summed E-state index contributed by atoms with van der Waals surface area (Å²) in [6.07, 6.45) is 1.81. The normalized spacial score (nSPS) is 16.4. The second-order valence-electron chi connectivity index (χ2n) is 6.73. The van der Waals surface area contributed by atoms with Crippen LogP contribution < -0.4 is 10.2 Å². The zero-order chi connectivity index (χ0) is 19.0. The quantitative estimate of drug-likeness (QED) is 0.705. The number of rotatable bonds is 3. The Balaban J connectivity index is 1.88. The minimum Gasteiger partial charge on any atom is -0.378 e. The van der Waals surface area contributed by atoms with E-state index in [0.717, 1.165) is 51.3 Å². The fourth-order valence-corrected chi connectivity index (χ4v) is 4.95. The van der Waals surface area contributed by atoms with Gasteiger partial charge in [-0.15, -0.1) is 11.8 Å². The maximum atomic E-state index is 6.73. The van der Waals surface area contributed by atoms with Gasteiger partial charge < -0.3 is 10.2 Å². The molecule has 3 heterocycles. The predicted octanol–water partition coefficient (Wildman–Crippen LogP) is 4.45. The molecule has 1 aliphatic heterocycles. The SMILES string of the molecule is CN(C)c1ccc(C2SCCNc3c2c(-c2ccccn2)nn3C)c(Cl)c1. The second-order valence-corrected chi connectivity index (χ2v) is 8.35. The maximum Gasteiger partial charge on any atom is 0.129 e. The van der Waals surface area contributed by atoms with E-state index >= 15 is 0 Å². The molecule has 0 saturated carbocycles. The number of hydrogen-bond donors (Lipinski definition) is 1. The highest BCUT2D eigenvalue weighted by molar-refractivity contribution is 7.99. The molecule has 27 heavy (non-hydrogen) atoms. The number of anilines is 2. The van der Waals surface area contributed by atoms with E-state index in [9.17, 15) is 0 Å². The first-order valence-electron chi connectivity index (χ1n) is 8.87. The number of aromatic nitrogens is 3. The lowest BCUT2D eigenvalue weighted by Gasteiger charge is -2.20. The minimum atomic E-state index is 0.101. The van der Waals surface area contributed by atoms with Gasteiger partial charge >= 0.3 is 0 Å². The van der Waals surface area contributed by atoms with Crippen LogP contribution in [-0.2, 0) is 7.05 Å². The molecule has 0 aliphatic carbocycles. The van der Waals surface area contributed by atoms with Crippen LogP contribution in [0.25, 0.3) is 11.4 Å². The van der Waals surface area contributed by atoms with Crippen molar-refractivity contribution in [3.63, 3.8) is 0 Å². The molecule has 1 aliphatic rings. The molecule has 140 valence electrons. The number of fused-ring (bicyclic) bond motifs is 1. The lowest BCUT2D eigenvalue weighted by Crippen LogP contribution is -2.09. The molecule has 1 unspecified atom stereocenters. The van der Waals surface area contributed by atoms with Gasteiger partial charge in [-0.25, -0.2) is 0 Å². The molecule has 1 aromatic carbocycles. The Morgan fingerprint density at radius 1 is 1.26 bits per heavy atom. The van der Waals surface area contributed by atoms with Gasteiger partial charge in [0.2, 0.25) is 0 Å². The summed E-state index contributed by atoms with van der Waals surface area (Å²) in [5.74, 6) is 2.03. The van der Waals surface area contributed by atoms with Gasteiger partial charge in [0.1, 0.15) is 11.5 Å². The third-order valence-corrected chi connectivity index (χ3v) is 6.31. The van der Waals surface area contributed by atoms with E-state index < -0.39 is 0 Å². The van der Waals surface area contributed by atoms with Crippen molar-refractivity contribution in [2.45, 2.75) is 5.25 Å². The second kappa shape index (κ2) is 7.44. The molecular formula is C20H22ClN5S. The van der Waals surface area contributed by atoms with Crippen molar-refractivity contribution in [3.05, 3.63) is 58.7 Å². The van der Waals surface area contributed by atoms with Crippen molar-refractivity contribution in [1.82, 2.24) is 14.8 Å². The molecule has 0 saturated heterocycles. The van der Waals surface area contributed by atoms with Crippen molar-refractivity contribution in [2.24, 2.45) is 7.05 Å². The Labute approximate surface area is 168 Å². The predicted molar refractivity (Wildman–Crippen MR) is 115 cm³/mol. The van der Waals surface area contributed by atoms with Gasteiger partial charge in [0.05, 0.1) is 10.9 Å². The van der Waals surface area contributed by atoms with E-state index in [2.05, 4.69) is 27.3 Å². The van der Waals surface area contributed by atoms with Crippen LogP contribution in [0.3, 0.4) is 0 Å². The molecule has 0 amide bonds. The average molecular weight is 400 g/mol. The van der Waals surface area contributed by atoms with Gasteiger partial charge in [-0.05, 0) is 29.8 Å². The fourth-order valence-electron chi connectivity index (χ4n) is 3.37. The van der Waals surface area contributed by atoms with Gasteiger partial charge in [-0.2, -0.15) is 5.10 Å². The summed E-state index contributed by atoms with van der Waals surface area (Å²) in [5, 5.41) is 9.20. The van der Waals surface area contributed by atoms with Crippen LogP contribution in [0, 0.1) is 0 Å². The summed E-state index contributed by atoms with van der Waals surface area (Å²) in [6, 6.07) is 12.2. The number of pyridine rings is 1. The zero-order valence-corrected chi connectivity index (χ0v) is 17.2. The van der Waals surface area contributed by atoms with Gasteiger partial charge in [0, 0.05) is 55.9 Å². The standard InChI is InChI=1S/C20H22ClN5S/c1-25(2)13-7-8-14(15(21)12-13)19-17-18(16-6-4-5-9-22-16)24-26(3)20(17)23-10-11-27-19/h4-9,12,19,23H,10-11H2,1-3H3. The third kappa shape index (κ3) is 3.39. The molecule has 0 fully saturated rings. The minimum absolute atomic E-state index is 0.101. The molecule has 0 spiro atoms. The number of thioether (sulfide) groups is 1. The van der Waals surface area contributed by atoms with E-state index in [1.54, 1.807) is 0 Å². The number of hydrogen-bond acceptors (Lipinski definition) is 5. The fraction of sp³-hybridized carbons (Fsp3) is 0.300. The van der Waals surface area contributed by atoms with Gasteiger partial charge in [0.15, 0.2) is 0 Å². The highest BCUT2D eigenvalue weighted by atomic mass is 35.5. The summed E-state index contributed by atoms with van der Waals surface area (Å²) in [6.45, 7) is 0.892. The monoisotopic (exact) mass is 399 g/mol. The Morgan fingerprint density at radius 3 is 2.81 bits per heavy atom. The first-order chi connectivity index (χ1) is 13.1. The van der Waals surface area contributed by atoms with Crippen LogP contribution in [0.1, 0.15) is 16.4 Å². The largest absolute Gasteiger partial charge is 0.378 e. The van der Waals surface area contributed by atoms with Crippen LogP contribution in [0.15, 0.2) is 42.6 Å². The summed E-state index contributed by atoms with van der Waals surface area (Å²) >= 11 is 8.62. The van der Waals surface area contributed by atoms with E-state index in [0.29, 0.717) is 0 Å². The summed E-state index contributed by atoms with van der Waals surface area (Å²) in [7, 11) is 6.02. The Hall–Kier alpha value is -2.18. The topological polar surface area (TPSA) is 46.0 Å². The van der Waals surface area contributed by atoms with Crippen molar-refractivity contribution < 1.29 is 0 Å². The van der Waals surface area contributed by atoms with Gasteiger partial charge in [0.25, 0.3) is 0 Å². The molecule has 3 aromatic rings. The number of halogens is 1. The van der Waals surface area contributed by atoms with Crippen LogP contribution in [0.2, 0.25) is 5.02 Å². The van der Waals surface area contributed by atoms with Crippen LogP contribution in [0.5, 0.6) is 0 Å². The third-order valence-electron chi connectivity index (χ3n) is 4.72. The number of benzene rings is 1. The lowest BCUT2D eigenvalue weighted by atomic mass is 10.0. The first kappa shape index (κ1) is 18.2. The van der Waals surface area contributed by atoms with Crippen molar-refractivity contribution in [3.8, 4) is 11.4 Å². The Bertz CT molecular complexity index is 955. The van der Waals surface area contributed by atoms with E-state index in [-0.39, 0.29) is 5.25 Å².